The number of nitrogens with one attached hydrogen (secondary N) is 1. The van der Waals surface area contributed by atoms with Crippen LogP contribution in [0.2, 0.25) is 11.2 Å². The van der Waals surface area contributed by atoms with Crippen LogP contribution in [0.1, 0.15) is 29.3 Å². The van der Waals surface area contributed by atoms with E-state index in [0.29, 0.717) is 6.61 Å². The summed E-state index contributed by atoms with van der Waals surface area (Å²) in [4.78, 5) is 10.5. The van der Waals surface area contributed by atoms with Crippen molar-refractivity contribution in [2.24, 2.45) is 0 Å². The molecular formula is C20H21BClN3OS. The van der Waals surface area contributed by atoms with Gasteiger partial charge in [0.2, 0.25) is 0 Å². The highest BCUT2D eigenvalue weighted by atomic mass is 35.5. The second-order valence-electron chi connectivity index (χ2n) is 6.76. The number of halogens is 1. The number of aromatic nitrogens is 2. The monoisotopic (exact) mass is 397 g/mol. The minimum Gasteiger partial charge on any atom is -0.427 e. The van der Waals surface area contributed by atoms with Crippen LogP contribution in [0.3, 0.4) is 0 Å². The lowest BCUT2D eigenvalue weighted by Crippen LogP contribution is -2.24. The second kappa shape index (κ2) is 7.62. The number of nitrogens with zero attached hydrogens (tertiary/aromatic N) is 2. The molecule has 0 aliphatic carbocycles. The van der Waals surface area contributed by atoms with Gasteiger partial charge in [-0.25, -0.2) is 9.97 Å². The van der Waals surface area contributed by atoms with Gasteiger partial charge in [-0.15, -0.1) is 11.3 Å². The second-order valence-corrected chi connectivity index (χ2v) is 8.47. The zero-order chi connectivity index (χ0) is 19.0. The van der Waals surface area contributed by atoms with Gasteiger partial charge in [-0.1, -0.05) is 43.5 Å². The van der Waals surface area contributed by atoms with Crippen molar-refractivity contribution in [3.05, 3.63) is 57.1 Å². The molecule has 0 unspecified atom stereocenters. The normalized spacial score (nSPS) is 13.1. The molecule has 0 bridgehead atoms. The zero-order valence-electron chi connectivity index (χ0n) is 15.7. The molecule has 2 aromatic heterocycles. The van der Waals surface area contributed by atoms with E-state index in [9.17, 15) is 0 Å². The summed E-state index contributed by atoms with van der Waals surface area (Å²) in [7, 11) is 0. The molecule has 3 aromatic rings. The van der Waals surface area contributed by atoms with Gasteiger partial charge in [0.05, 0.1) is 15.8 Å². The summed E-state index contributed by atoms with van der Waals surface area (Å²) in [5.41, 5.74) is 5.96. The summed E-state index contributed by atoms with van der Waals surface area (Å²) in [6.07, 6.45) is 0.884. The summed E-state index contributed by atoms with van der Waals surface area (Å²) in [5, 5.41) is 3.52. The number of fused-ring (bicyclic) bond motifs is 1. The van der Waals surface area contributed by atoms with Crippen molar-refractivity contribution in [1.82, 2.24) is 9.97 Å². The van der Waals surface area contributed by atoms with Gasteiger partial charge in [0.25, 0.3) is 0 Å². The molecule has 4 rings (SSSR count). The van der Waals surface area contributed by atoms with E-state index in [1.54, 1.807) is 0 Å². The molecule has 1 aliphatic heterocycles. The van der Waals surface area contributed by atoms with Gasteiger partial charge >= 0.3 is 6.92 Å². The van der Waals surface area contributed by atoms with Crippen LogP contribution >= 0.6 is 22.9 Å². The van der Waals surface area contributed by atoms with E-state index in [1.807, 2.05) is 19.1 Å². The molecule has 4 nitrogen and oxygen atoms in total. The first-order valence-corrected chi connectivity index (χ1v) is 10.3. The molecular weight excluding hydrogens is 377 g/mol. The van der Waals surface area contributed by atoms with Crippen molar-refractivity contribution in [1.29, 1.82) is 0 Å². The van der Waals surface area contributed by atoms with Gasteiger partial charge in [-0.2, -0.15) is 0 Å². The standard InChI is InChI=1S/C20H21BClN3OS/c1-4-15-12(2)24-20(17-7-8-18(22)27-17)25-19(15)23-10-13-5-6-16-14(9-13)11-26-21(16)3/h5-9H,4,10-11H2,1-3H3,(H,23,24,25). The average molecular weight is 398 g/mol. The van der Waals surface area contributed by atoms with E-state index in [2.05, 4.69) is 42.2 Å². The van der Waals surface area contributed by atoms with Crippen molar-refractivity contribution < 1.29 is 4.65 Å². The Labute approximate surface area is 169 Å². The van der Waals surface area contributed by atoms with Crippen LogP contribution < -0.4 is 10.8 Å². The fourth-order valence-electron chi connectivity index (χ4n) is 3.49. The minimum atomic E-state index is 0.193. The summed E-state index contributed by atoms with van der Waals surface area (Å²) in [6, 6.07) is 10.4. The predicted molar refractivity (Wildman–Crippen MR) is 114 cm³/mol. The number of anilines is 1. The molecule has 0 atom stereocenters. The third-order valence-electron chi connectivity index (χ3n) is 4.96. The Balaban J connectivity index is 1.60. The Hall–Kier alpha value is -1.89. The Morgan fingerprint density at radius 2 is 2.11 bits per heavy atom. The number of hydrogen-bond donors (Lipinski definition) is 1. The maximum Gasteiger partial charge on any atom is 0.324 e. The van der Waals surface area contributed by atoms with E-state index in [-0.39, 0.29) is 6.92 Å². The molecule has 0 fully saturated rings. The molecule has 1 aliphatic rings. The fourth-order valence-corrected chi connectivity index (χ4v) is 4.47. The summed E-state index contributed by atoms with van der Waals surface area (Å²) in [6.45, 7) is 7.87. The smallest absolute Gasteiger partial charge is 0.324 e. The first kappa shape index (κ1) is 18.5. The van der Waals surface area contributed by atoms with Crippen molar-refractivity contribution in [2.75, 3.05) is 5.32 Å². The van der Waals surface area contributed by atoms with Crippen molar-refractivity contribution >= 4 is 41.1 Å². The Morgan fingerprint density at radius 1 is 1.26 bits per heavy atom. The third kappa shape index (κ3) is 3.75. The fraction of sp³-hybridized carbons (Fsp3) is 0.300. The summed E-state index contributed by atoms with van der Waals surface area (Å²) < 4.78 is 6.45. The van der Waals surface area contributed by atoms with Crippen molar-refractivity contribution in [3.63, 3.8) is 0 Å². The molecule has 1 N–H and O–H groups in total. The maximum atomic E-state index is 6.08. The first-order valence-electron chi connectivity index (χ1n) is 9.15. The molecule has 0 spiro atoms. The molecule has 138 valence electrons. The summed E-state index contributed by atoms with van der Waals surface area (Å²) >= 11 is 7.58. The van der Waals surface area contributed by atoms with Gasteiger partial charge in [0.15, 0.2) is 5.82 Å². The van der Waals surface area contributed by atoms with Crippen molar-refractivity contribution in [2.45, 2.75) is 40.2 Å². The van der Waals surface area contributed by atoms with Crippen LogP contribution in [0.15, 0.2) is 30.3 Å². The maximum absolute atomic E-state index is 6.08. The molecule has 27 heavy (non-hydrogen) atoms. The lowest BCUT2D eigenvalue weighted by Gasteiger charge is -2.14. The van der Waals surface area contributed by atoms with Gasteiger partial charge in [0.1, 0.15) is 5.82 Å². The topological polar surface area (TPSA) is 47.0 Å². The molecule has 3 heterocycles. The average Bonchev–Trinajstić information content (AvgIpc) is 3.25. The van der Waals surface area contributed by atoms with E-state index in [4.69, 9.17) is 21.2 Å². The molecule has 0 saturated carbocycles. The highest BCUT2D eigenvalue weighted by Crippen LogP contribution is 2.31. The number of thiophene rings is 1. The Morgan fingerprint density at radius 3 is 2.85 bits per heavy atom. The minimum absolute atomic E-state index is 0.193. The van der Waals surface area contributed by atoms with Crippen LogP contribution in [0.5, 0.6) is 0 Å². The van der Waals surface area contributed by atoms with Crippen molar-refractivity contribution in [3.8, 4) is 10.7 Å². The number of benzene rings is 1. The van der Waals surface area contributed by atoms with E-state index in [0.717, 1.165) is 45.1 Å². The van der Waals surface area contributed by atoms with Crippen LogP contribution in [0, 0.1) is 6.92 Å². The number of rotatable bonds is 5. The largest absolute Gasteiger partial charge is 0.427 e. The van der Waals surface area contributed by atoms with E-state index < -0.39 is 0 Å². The van der Waals surface area contributed by atoms with Gasteiger partial charge in [0, 0.05) is 17.8 Å². The highest BCUT2D eigenvalue weighted by molar-refractivity contribution is 7.19. The summed E-state index contributed by atoms with van der Waals surface area (Å²) in [5.74, 6) is 1.62. The molecule has 0 radical (unpaired) electrons. The quantitative estimate of drug-likeness (QED) is 0.634. The van der Waals surface area contributed by atoms with Gasteiger partial charge < -0.3 is 9.97 Å². The van der Waals surface area contributed by atoms with Crippen LogP contribution in [0.4, 0.5) is 5.82 Å². The highest BCUT2D eigenvalue weighted by Gasteiger charge is 2.23. The van der Waals surface area contributed by atoms with Crippen LogP contribution in [-0.4, -0.2) is 16.9 Å². The van der Waals surface area contributed by atoms with Gasteiger partial charge in [-0.05, 0) is 42.1 Å². The molecule has 7 heteroatoms. The first-order chi connectivity index (χ1) is 13.0. The zero-order valence-corrected chi connectivity index (χ0v) is 17.2. The van der Waals surface area contributed by atoms with Crippen LogP contribution in [0.25, 0.3) is 10.7 Å². The molecule has 0 saturated heterocycles. The predicted octanol–water partition coefficient (Wildman–Crippen LogP) is 4.70. The Bertz CT molecular complexity index is 991. The van der Waals surface area contributed by atoms with Gasteiger partial charge in [-0.3, -0.25) is 0 Å². The lowest BCUT2D eigenvalue weighted by molar-refractivity contribution is 0.333. The lowest BCUT2D eigenvalue weighted by atomic mass is 9.64. The van der Waals surface area contributed by atoms with Crippen LogP contribution in [-0.2, 0) is 24.2 Å². The number of aryl methyl sites for hydroxylation is 1. The van der Waals surface area contributed by atoms with E-state index >= 15 is 0 Å². The SMILES string of the molecule is CCc1c(C)nc(-c2ccc(Cl)s2)nc1NCc1ccc2c(c1)COB2C. The molecule has 0 amide bonds. The Kier molecular flexibility index (Phi) is 5.22. The molecule has 1 aromatic carbocycles. The number of hydrogen-bond acceptors (Lipinski definition) is 5. The third-order valence-corrected chi connectivity index (χ3v) is 6.18. The van der Waals surface area contributed by atoms with E-state index in [1.165, 1.54) is 27.9 Å².